The Bertz CT molecular complexity index is 177. The average Bonchev–Trinajstić information content (AvgIpc) is 2.06. The summed E-state index contributed by atoms with van der Waals surface area (Å²) >= 11 is 0. The minimum absolute atomic E-state index is 0.341. The van der Waals surface area contributed by atoms with Crippen LogP contribution in [-0.2, 0) is 4.79 Å². The molecule has 0 bridgehead atoms. The Hall–Kier alpha value is -1.01. The van der Waals surface area contributed by atoms with Crippen LogP contribution >= 0.6 is 0 Å². The molecule has 0 spiro atoms. The number of carbonyl (C=O) groups excluding carboxylic acids is 1. The van der Waals surface area contributed by atoms with E-state index >= 15 is 0 Å². The van der Waals surface area contributed by atoms with E-state index in [4.69, 9.17) is 6.42 Å². The van der Waals surface area contributed by atoms with Crippen molar-refractivity contribution in [3.05, 3.63) is 0 Å². The molecule has 1 fully saturated rings. The largest absolute Gasteiger partial charge is 0.309 e. The molecule has 0 aliphatic carbocycles. The van der Waals surface area contributed by atoms with Gasteiger partial charge in [-0.1, -0.05) is 6.42 Å². The average molecular weight is 152 g/mol. The Morgan fingerprint density at radius 1 is 1.36 bits per heavy atom. The minimum atomic E-state index is -0.341. The lowest BCUT2D eigenvalue weighted by Gasteiger charge is -2.25. The number of piperidine rings is 1. The summed E-state index contributed by atoms with van der Waals surface area (Å²) in [6.45, 7) is 1.85. The lowest BCUT2D eigenvalue weighted by Crippen LogP contribution is -2.44. The zero-order chi connectivity index (χ0) is 8.10. The monoisotopic (exact) mass is 152 g/mol. The molecule has 1 amide bonds. The molecular weight excluding hydrogens is 140 g/mol. The number of terminal acetylenes is 1. The molecule has 0 saturated carbocycles. The first-order valence-electron chi connectivity index (χ1n) is 3.85. The van der Waals surface area contributed by atoms with Crippen molar-refractivity contribution in [2.45, 2.75) is 19.3 Å². The molecule has 0 unspecified atom stereocenters. The van der Waals surface area contributed by atoms with Crippen molar-refractivity contribution in [3.63, 3.8) is 0 Å². The third-order valence-electron chi connectivity index (χ3n) is 1.75. The molecule has 0 aromatic heterocycles. The van der Waals surface area contributed by atoms with Gasteiger partial charge in [-0.3, -0.25) is 10.2 Å². The van der Waals surface area contributed by atoms with Crippen molar-refractivity contribution in [1.29, 1.82) is 0 Å². The number of hydrogen-bond donors (Lipinski definition) is 1. The quantitative estimate of drug-likeness (QED) is 0.542. The SMILES string of the molecule is C#CC(=O)NN1CCCCC1. The zero-order valence-corrected chi connectivity index (χ0v) is 6.47. The number of nitrogens with one attached hydrogen (secondary N) is 1. The summed E-state index contributed by atoms with van der Waals surface area (Å²) in [4.78, 5) is 10.7. The molecule has 11 heavy (non-hydrogen) atoms. The smallest absolute Gasteiger partial charge is 0.278 e. The topological polar surface area (TPSA) is 32.3 Å². The molecule has 1 aliphatic heterocycles. The molecule has 3 heteroatoms. The van der Waals surface area contributed by atoms with E-state index in [0.717, 1.165) is 25.9 Å². The van der Waals surface area contributed by atoms with Gasteiger partial charge in [-0.05, 0) is 18.8 Å². The molecule has 60 valence electrons. The Kier molecular flexibility index (Phi) is 2.94. The lowest BCUT2D eigenvalue weighted by atomic mass is 10.2. The summed E-state index contributed by atoms with van der Waals surface area (Å²) in [6.07, 6.45) is 8.44. The standard InChI is InChI=1S/C8H12N2O/c1-2-8(11)9-10-6-4-3-5-7-10/h1H,3-7H2,(H,9,11). The van der Waals surface area contributed by atoms with Crippen molar-refractivity contribution in [1.82, 2.24) is 10.4 Å². The van der Waals surface area contributed by atoms with Crippen LogP contribution in [-0.4, -0.2) is 24.0 Å². The van der Waals surface area contributed by atoms with Gasteiger partial charge in [0.15, 0.2) is 0 Å². The van der Waals surface area contributed by atoms with E-state index in [0.29, 0.717) is 0 Å². The van der Waals surface area contributed by atoms with E-state index in [1.165, 1.54) is 6.42 Å². The van der Waals surface area contributed by atoms with Gasteiger partial charge < -0.3 is 0 Å². The second-order valence-corrected chi connectivity index (χ2v) is 2.63. The highest BCUT2D eigenvalue weighted by atomic mass is 16.2. The van der Waals surface area contributed by atoms with Crippen molar-refractivity contribution < 1.29 is 4.79 Å². The van der Waals surface area contributed by atoms with E-state index in [-0.39, 0.29) is 5.91 Å². The third kappa shape index (κ3) is 2.60. The van der Waals surface area contributed by atoms with Crippen molar-refractivity contribution in [3.8, 4) is 12.3 Å². The van der Waals surface area contributed by atoms with Crippen LogP contribution in [0.15, 0.2) is 0 Å². The van der Waals surface area contributed by atoms with Gasteiger partial charge in [0.05, 0.1) is 0 Å². The highest BCUT2D eigenvalue weighted by Crippen LogP contribution is 2.05. The second kappa shape index (κ2) is 3.99. The Morgan fingerprint density at radius 3 is 2.55 bits per heavy atom. The van der Waals surface area contributed by atoms with Crippen LogP contribution in [0.3, 0.4) is 0 Å². The summed E-state index contributed by atoms with van der Waals surface area (Å²) in [5.41, 5.74) is 2.63. The van der Waals surface area contributed by atoms with Crippen molar-refractivity contribution >= 4 is 5.91 Å². The first-order chi connectivity index (χ1) is 5.33. The molecule has 1 N–H and O–H groups in total. The fraction of sp³-hybridized carbons (Fsp3) is 0.625. The summed E-state index contributed by atoms with van der Waals surface area (Å²) in [5.74, 6) is 1.68. The van der Waals surface area contributed by atoms with Gasteiger partial charge in [0, 0.05) is 13.1 Å². The summed E-state index contributed by atoms with van der Waals surface area (Å²) in [5, 5.41) is 1.88. The van der Waals surface area contributed by atoms with E-state index in [9.17, 15) is 4.79 Å². The molecule has 0 aromatic rings. The first-order valence-corrected chi connectivity index (χ1v) is 3.85. The van der Waals surface area contributed by atoms with Crippen LogP contribution in [0.4, 0.5) is 0 Å². The molecule has 1 aliphatic rings. The van der Waals surface area contributed by atoms with Gasteiger partial charge in [-0.15, -0.1) is 6.42 Å². The van der Waals surface area contributed by atoms with Crippen LogP contribution in [0.5, 0.6) is 0 Å². The van der Waals surface area contributed by atoms with Crippen LogP contribution in [0.1, 0.15) is 19.3 Å². The molecule has 1 heterocycles. The highest BCUT2D eigenvalue weighted by Gasteiger charge is 2.10. The van der Waals surface area contributed by atoms with Crippen molar-refractivity contribution in [2.75, 3.05) is 13.1 Å². The Morgan fingerprint density at radius 2 is 2.00 bits per heavy atom. The van der Waals surface area contributed by atoms with E-state index in [1.54, 1.807) is 0 Å². The fourth-order valence-electron chi connectivity index (χ4n) is 1.18. The van der Waals surface area contributed by atoms with Gasteiger partial charge in [0.1, 0.15) is 0 Å². The van der Waals surface area contributed by atoms with E-state index in [1.807, 2.05) is 10.9 Å². The maximum absolute atomic E-state index is 10.7. The van der Waals surface area contributed by atoms with E-state index < -0.39 is 0 Å². The van der Waals surface area contributed by atoms with Crippen LogP contribution in [0.25, 0.3) is 0 Å². The lowest BCUT2D eigenvalue weighted by molar-refractivity contribution is -0.120. The number of hydrogen-bond acceptors (Lipinski definition) is 2. The van der Waals surface area contributed by atoms with Gasteiger partial charge >= 0.3 is 5.91 Å². The number of nitrogens with zero attached hydrogens (tertiary/aromatic N) is 1. The summed E-state index contributed by atoms with van der Waals surface area (Å²) in [6, 6.07) is 0. The van der Waals surface area contributed by atoms with Gasteiger partial charge in [-0.25, -0.2) is 5.01 Å². The molecular formula is C8H12N2O. The zero-order valence-electron chi connectivity index (χ0n) is 6.47. The van der Waals surface area contributed by atoms with Crippen LogP contribution < -0.4 is 5.43 Å². The predicted octanol–water partition coefficient (Wildman–Crippen LogP) is 0.137. The second-order valence-electron chi connectivity index (χ2n) is 2.63. The molecule has 1 saturated heterocycles. The molecule has 0 radical (unpaired) electrons. The summed E-state index contributed by atoms with van der Waals surface area (Å²) in [7, 11) is 0. The highest BCUT2D eigenvalue weighted by molar-refractivity contribution is 5.92. The maximum atomic E-state index is 10.7. The predicted molar refractivity (Wildman–Crippen MR) is 42.4 cm³/mol. The Labute approximate surface area is 66.7 Å². The van der Waals surface area contributed by atoms with E-state index in [2.05, 4.69) is 5.43 Å². The van der Waals surface area contributed by atoms with Gasteiger partial charge in [0.25, 0.3) is 0 Å². The normalized spacial score (nSPS) is 18.8. The minimum Gasteiger partial charge on any atom is -0.278 e. The van der Waals surface area contributed by atoms with Gasteiger partial charge in [-0.2, -0.15) is 0 Å². The summed E-state index contributed by atoms with van der Waals surface area (Å²) < 4.78 is 0. The third-order valence-corrected chi connectivity index (χ3v) is 1.75. The molecule has 1 rings (SSSR count). The molecule has 0 aromatic carbocycles. The van der Waals surface area contributed by atoms with Crippen molar-refractivity contribution in [2.24, 2.45) is 0 Å². The molecule has 0 atom stereocenters. The molecule has 3 nitrogen and oxygen atoms in total. The Balaban J connectivity index is 2.25. The number of hydrazine groups is 1. The number of carbonyl (C=O) groups is 1. The number of amides is 1. The van der Waals surface area contributed by atoms with Gasteiger partial charge in [0.2, 0.25) is 0 Å². The number of rotatable bonds is 1. The maximum Gasteiger partial charge on any atom is 0.309 e. The van der Waals surface area contributed by atoms with Crippen LogP contribution in [0, 0.1) is 12.3 Å². The fourth-order valence-corrected chi connectivity index (χ4v) is 1.18. The first kappa shape index (κ1) is 8.09. The van der Waals surface area contributed by atoms with Crippen LogP contribution in [0.2, 0.25) is 0 Å².